The lowest BCUT2D eigenvalue weighted by Gasteiger charge is -2.32. The van der Waals surface area contributed by atoms with E-state index in [-0.39, 0.29) is 0 Å². The Morgan fingerprint density at radius 3 is 2.83 bits per heavy atom. The molecule has 0 aromatic heterocycles. The Bertz CT molecular complexity index is 359. The monoisotopic (exact) mass is 248 g/mol. The van der Waals surface area contributed by atoms with Gasteiger partial charge in [-0.05, 0) is 31.4 Å². The van der Waals surface area contributed by atoms with Crippen molar-refractivity contribution in [1.29, 1.82) is 0 Å². The number of benzene rings is 1. The normalized spacial score (nSPS) is 16.9. The molecule has 1 aliphatic heterocycles. The first-order valence-corrected chi connectivity index (χ1v) is 7.03. The Balaban J connectivity index is 1.94. The number of anilines is 1. The molecule has 1 fully saturated rings. The van der Waals surface area contributed by atoms with Crippen LogP contribution >= 0.6 is 0 Å². The van der Waals surface area contributed by atoms with Crippen molar-refractivity contribution in [3.05, 3.63) is 24.3 Å². The maximum absolute atomic E-state index is 5.93. The molecule has 1 aromatic carbocycles. The van der Waals surface area contributed by atoms with Crippen LogP contribution in [-0.2, 0) is 0 Å². The van der Waals surface area contributed by atoms with E-state index >= 15 is 0 Å². The minimum atomic E-state index is 0.380. The Morgan fingerprint density at radius 2 is 2.11 bits per heavy atom. The number of hydrogen-bond donors (Lipinski definition) is 1. The number of rotatable bonds is 5. The van der Waals surface area contributed by atoms with Gasteiger partial charge in [0.2, 0.25) is 0 Å². The highest BCUT2D eigenvalue weighted by molar-refractivity contribution is 5.51. The van der Waals surface area contributed by atoms with Gasteiger partial charge >= 0.3 is 0 Å². The Hall–Kier alpha value is -1.22. The lowest BCUT2D eigenvalue weighted by molar-refractivity contribution is 0.309. The lowest BCUT2D eigenvalue weighted by atomic mass is 10.1. The van der Waals surface area contributed by atoms with E-state index in [4.69, 9.17) is 10.5 Å². The molecule has 100 valence electrons. The van der Waals surface area contributed by atoms with Crippen LogP contribution in [0, 0.1) is 0 Å². The highest BCUT2D eigenvalue weighted by atomic mass is 16.5. The highest BCUT2D eigenvalue weighted by Crippen LogP contribution is 2.24. The van der Waals surface area contributed by atoms with Crippen LogP contribution < -0.4 is 15.4 Å². The van der Waals surface area contributed by atoms with Gasteiger partial charge in [0.05, 0.1) is 6.61 Å². The molecular formula is C15H24N2O. The van der Waals surface area contributed by atoms with Crippen molar-refractivity contribution in [3.8, 4) is 5.75 Å². The third kappa shape index (κ3) is 3.64. The third-order valence-electron chi connectivity index (χ3n) is 3.49. The second-order valence-electron chi connectivity index (χ2n) is 5.02. The smallest absolute Gasteiger partial charge is 0.121 e. The molecule has 0 spiro atoms. The van der Waals surface area contributed by atoms with Gasteiger partial charge in [0.25, 0.3) is 0 Å². The van der Waals surface area contributed by atoms with Gasteiger partial charge < -0.3 is 15.4 Å². The summed E-state index contributed by atoms with van der Waals surface area (Å²) in [5.41, 5.74) is 7.19. The van der Waals surface area contributed by atoms with Crippen LogP contribution in [0.15, 0.2) is 24.3 Å². The molecule has 0 radical (unpaired) electrons. The first-order valence-electron chi connectivity index (χ1n) is 7.03. The van der Waals surface area contributed by atoms with E-state index in [1.54, 1.807) is 0 Å². The lowest BCUT2D eigenvalue weighted by Crippen LogP contribution is -2.39. The maximum Gasteiger partial charge on any atom is 0.121 e. The van der Waals surface area contributed by atoms with Crippen LogP contribution in [0.1, 0.15) is 32.6 Å². The van der Waals surface area contributed by atoms with Crippen LogP contribution in [0.4, 0.5) is 5.69 Å². The summed E-state index contributed by atoms with van der Waals surface area (Å²) in [6.07, 6.45) is 4.45. The average Bonchev–Trinajstić information content (AvgIpc) is 2.40. The second-order valence-corrected chi connectivity index (χ2v) is 5.02. The molecule has 3 heteroatoms. The molecule has 18 heavy (non-hydrogen) atoms. The van der Waals surface area contributed by atoms with E-state index in [2.05, 4.69) is 30.0 Å². The summed E-state index contributed by atoms with van der Waals surface area (Å²) >= 11 is 0. The van der Waals surface area contributed by atoms with E-state index < -0.39 is 0 Å². The summed E-state index contributed by atoms with van der Waals surface area (Å²) in [4.78, 5) is 2.40. The van der Waals surface area contributed by atoms with Gasteiger partial charge in [0, 0.05) is 30.9 Å². The second kappa shape index (κ2) is 6.64. The molecule has 0 unspecified atom stereocenters. The standard InChI is InChI=1S/C15H24N2O/c1-2-3-11-18-15-6-4-5-14(12-15)17-9-7-13(16)8-10-17/h4-6,12-13H,2-3,7-11,16H2,1H3. The molecule has 3 nitrogen and oxygen atoms in total. The average molecular weight is 248 g/mol. The van der Waals surface area contributed by atoms with Crippen LogP contribution in [0.25, 0.3) is 0 Å². The molecule has 0 atom stereocenters. The van der Waals surface area contributed by atoms with E-state index in [9.17, 15) is 0 Å². The van der Waals surface area contributed by atoms with Crippen LogP contribution in [0.3, 0.4) is 0 Å². The van der Waals surface area contributed by atoms with Crippen molar-refractivity contribution in [1.82, 2.24) is 0 Å². The van der Waals surface area contributed by atoms with Crippen LogP contribution in [0.2, 0.25) is 0 Å². The van der Waals surface area contributed by atoms with Crippen molar-refractivity contribution in [3.63, 3.8) is 0 Å². The van der Waals surface area contributed by atoms with E-state index in [1.807, 2.05) is 6.07 Å². The third-order valence-corrected chi connectivity index (χ3v) is 3.49. The van der Waals surface area contributed by atoms with Gasteiger partial charge in [-0.3, -0.25) is 0 Å². The minimum Gasteiger partial charge on any atom is -0.494 e. The quantitative estimate of drug-likeness (QED) is 0.814. The van der Waals surface area contributed by atoms with E-state index in [0.717, 1.165) is 44.7 Å². The van der Waals surface area contributed by atoms with E-state index in [0.29, 0.717) is 6.04 Å². The van der Waals surface area contributed by atoms with Gasteiger partial charge in [-0.2, -0.15) is 0 Å². The number of nitrogens with two attached hydrogens (primary N) is 1. The highest BCUT2D eigenvalue weighted by Gasteiger charge is 2.16. The summed E-state index contributed by atoms with van der Waals surface area (Å²) in [7, 11) is 0. The summed E-state index contributed by atoms with van der Waals surface area (Å²) in [6, 6.07) is 8.79. The molecule has 1 saturated heterocycles. The summed E-state index contributed by atoms with van der Waals surface area (Å²) in [5, 5.41) is 0. The predicted octanol–water partition coefficient (Wildman–Crippen LogP) is 2.79. The molecule has 1 aliphatic rings. The zero-order valence-electron chi connectivity index (χ0n) is 11.3. The molecule has 1 aromatic rings. The fourth-order valence-electron chi connectivity index (χ4n) is 2.26. The zero-order chi connectivity index (χ0) is 12.8. The van der Waals surface area contributed by atoms with Gasteiger partial charge in [0.1, 0.15) is 5.75 Å². The maximum atomic E-state index is 5.93. The van der Waals surface area contributed by atoms with Gasteiger partial charge in [-0.15, -0.1) is 0 Å². The molecular weight excluding hydrogens is 224 g/mol. The largest absolute Gasteiger partial charge is 0.494 e. The minimum absolute atomic E-state index is 0.380. The van der Waals surface area contributed by atoms with Crippen molar-refractivity contribution in [2.24, 2.45) is 5.73 Å². The van der Waals surface area contributed by atoms with Crippen LogP contribution in [0.5, 0.6) is 5.75 Å². The SMILES string of the molecule is CCCCOc1cccc(N2CCC(N)CC2)c1. The number of nitrogens with zero attached hydrogens (tertiary/aromatic N) is 1. The van der Waals surface area contributed by atoms with Gasteiger partial charge in [0.15, 0.2) is 0 Å². The van der Waals surface area contributed by atoms with Crippen molar-refractivity contribution in [2.45, 2.75) is 38.6 Å². The summed E-state index contributed by atoms with van der Waals surface area (Å²) in [5.74, 6) is 0.982. The molecule has 2 N–H and O–H groups in total. The number of ether oxygens (including phenoxy) is 1. The first kappa shape index (κ1) is 13.2. The molecule has 0 aliphatic carbocycles. The molecule has 1 heterocycles. The topological polar surface area (TPSA) is 38.5 Å². The molecule has 0 saturated carbocycles. The number of piperidine rings is 1. The molecule has 0 bridgehead atoms. The fraction of sp³-hybridized carbons (Fsp3) is 0.600. The number of hydrogen-bond acceptors (Lipinski definition) is 3. The van der Waals surface area contributed by atoms with Gasteiger partial charge in [-0.1, -0.05) is 19.4 Å². The van der Waals surface area contributed by atoms with Crippen LogP contribution in [-0.4, -0.2) is 25.7 Å². The Morgan fingerprint density at radius 1 is 1.33 bits per heavy atom. The zero-order valence-corrected chi connectivity index (χ0v) is 11.3. The molecule has 0 amide bonds. The summed E-state index contributed by atoms with van der Waals surface area (Å²) < 4.78 is 5.75. The Labute approximate surface area is 110 Å². The Kier molecular flexibility index (Phi) is 4.88. The number of unbranched alkanes of at least 4 members (excludes halogenated alkanes) is 1. The van der Waals surface area contributed by atoms with E-state index in [1.165, 1.54) is 12.1 Å². The van der Waals surface area contributed by atoms with Gasteiger partial charge in [-0.25, -0.2) is 0 Å². The van der Waals surface area contributed by atoms with Crippen molar-refractivity contribution in [2.75, 3.05) is 24.6 Å². The van der Waals surface area contributed by atoms with Crippen molar-refractivity contribution < 1.29 is 4.74 Å². The summed E-state index contributed by atoms with van der Waals surface area (Å²) in [6.45, 7) is 5.10. The fourth-order valence-corrected chi connectivity index (χ4v) is 2.26. The predicted molar refractivity (Wildman–Crippen MR) is 76.3 cm³/mol. The van der Waals surface area contributed by atoms with Crippen molar-refractivity contribution >= 4 is 5.69 Å². The first-order chi connectivity index (χ1) is 8.79. The molecule has 2 rings (SSSR count).